The molecule has 0 unspecified atom stereocenters. The fraction of sp³-hybridized carbons (Fsp3) is 0.333. The number of nitrogens with one attached hydrogen (secondary N) is 1. The van der Waals surface area contributed by atoms with E-state index in [-0.39, 0.29) is 0 Å². The van der Waals surface area contributed by atoms with Crippen LogP contribution < -0.4 is 14.5 Å². The first kappa shape index (κ1) is 22.4. The summed E-state index contributed by atoms with van der Waals surface area (Å²) in [6.07, 6.45) is 4.63. The number of carbonyl (C=O) groups excluding carboxylic acids is 1. The van der Waals surface area contributed by atoms with Crippen LogP contribution >= 0.6 is 0 Å². The third-order valence-electron chi connectivity index (χ3n) is 4.13. The van der Waals surface area contributed by atoms with E-state index in [9.17, 15) is 13.2 Å². The summed E-state index contributed by atoms with van der Waals surface area (Å²) in [5.74, 6) is 0.245. The van der Waals surface area contributed by atoms with Crippen molar-refractivity contribution in [2.24, 2.45) is 5.10 Å². The predicted molar refractivity (Wildman–Crippen MR) is 116 cm³/mol. The fourth-order valence-corrected chi connectivity index (χ4v) is 3.81. The maximum Gasteiger partial charge on any atom is 0.263 e. The van der Waals surface area contributed by atoms with Crippen LogP contribution in [0.5, 0.6) is 5.75 Å². The van der Waals surface area contributed by atoms with E-state index < -0.39 is 22.0 Å². The van der Waals surface area contributed by atoms with Crippen molar-refractivity contribution in [1.29, 1.82) is 0 Å². The van der Waals surface area contributed by atoms with Crippen molar-refractivity contribution in [2.45, 2.75) is 32.7 Å². The zero-order valence-electron chi connectivity index (χ0n) is 16.9. The van der Waals surface area contributed by atoms with Gasteiger partial charge in [-0.25, -0.2) is 13.8 Å². The van der Waals surface area contributed by atoms with Gasteiger partial charge in [-0.1, -0.05) is 31.5 Å². The monoisotopic (exact) mass is 417 g/mol. The number of amides is 1. The van der Waals surface area contributed by atoms with Gasteiger partial charge in [0, 0.05) is 0 Å². The summed E-state index contributed by atoms with van der Waals surface area (Å²) in [7, 11) is -3.65. The number of hydrogen-bond acceptors (Lipinski definition) is 5. The smallest absolute Gasteiger partial charge is 0.263 e. The molecule has 2 aromatic rings. The van der Waals surface area contributed by atoms with Crippen molar-refractivity contribution >= 4 is 27.8 Å². The Morgan fingerprint density at radius 3 is 2.41 bits per heavy atom. The number of unbranched alkanes of at least 4 members (excludes halogenated alkanes) is 1. The van der Waals surface area contributed by atoms with Gasteiger partial charge in [0.25, 0.3) is 5.91 Å². The SMILES string of the molecule is CCCCOc1ccc(/C=N\NC(=O)[C@H](C)N(c2ccccc2)S(C)(=O)=O)cc1. The Labute approximate surface area is 172 Å². The number of sulfonamides is 1. The predicted octanol–water partition coefficient (Wildman–Crippen LogP) is 3.17. The number of anilines is 1. The standard InChI is InChI=1S/C21H27N3O4S/c1-4-5-15-28-20-13-11-18(12-14-20)16-22-23-21(25)17(2)24(29(3,26)27)19-9-7-6-8-10-19/h6-14,16-17H,4-5,15H2,1-3H3,(H,23,25)/b22-16-/t17-/m0/s1. The molecule has 0 spiro atoms. The van der Waals surface area contributed by atoms with Crippen LogP contribution in [-0.2, 0) is 14.8 Å². The van der Waals surface area contributed by atoms with Crippen molar-refractivity contribution in [3.8, 4) is 5.75 Å². The van der Waals surface area contributed by atoms with Crippen LogP contribution in [0.4, 0.5) is 5.69 Å². The molecule has 29 heavy (non-hydrogen) atoms. The molecule has 0 bridgehead atoms. The minimum Gasteiger partial charge on any atom is -0.494 e. The lowest BCUT2D eigenvalue weighted by atomic mass is 10.2. The van der Waals surface area contributed by atoms with Crippen molar-refractivity contribution in [2.75, 3.05) is 17.2 Å². The van der Waals surface area contributed by atoms with Gasteiger partial charge in [0.2, 0.25) is 10.0 Å². The molecule has 0 aliphatic heterocycles. The molecule has 0 fully saturated rings. The molecule has 8 heteroatoms. The number of hydrazone groups is 1. The van der Waals surface area contributed by atoms with Gasteiger partial charge in [-0.3, -0.25) is 9.10 Å². The average Bonchev–Trinajstić information content (AvgIpc) is 2.69. The second-order valence-corrected chi connectivity index (χ2v) is 8.44. The molecule has 0 heterocycles. The maximum absolute atomic E-state index is 12.4. The number of para-hydroxylation sites is 1. The number of benzene rings is 2. The van der Waals surface area contributed by atoms with Gasteiger partial charge in [0.15, 0.2) is 0 Å². The molecule has 2 aromatic carbocycles. The highest BCUT2D eigenvalue weighted by atomic mass is 32.2. The van der Waals surface area contributed by atoms with E-state index in [1.807, 2.05) is 24.3 Å². The molecule has 0 aliphatic carbocycles. The van der Waals surface area contributed by atoms with E-state index in [2.05, 4.69) is 17.5 Å². The molecule has 7 nitrogen and oxygen atoms in total. The molecule has 0 aliphatic rings. The molecule has 0 radical (unpaired) electrons. The Morgan fingerprint density at radius 2 is 1.83 bits per heavy atom. The second-order valence-electron chi connectivity index (χ2n) is 6.58. The lowest BCUT2D eigenvalue weighted by Crippen LogP contribution is -2.46. The van der Waals surface area contributed by atoms with E-state index in [0.29, 0.717) is 12.3 Å². The number of carbonyl (C=O) groups is 1. The molecule has 1 N–H and O–H groups in total. The summed E-state index contributed by atoms with van der Waals surface area (Å²) in [6, 6.07) is 14.8. The van der Waals surface area contributed by atoms with Crippen LogP contribution in [0.3, 0.4) is 0 Å². The number of rotatable bonds is 10. The third-order valence-corrected chi connectivity index (χ3v) is 5.38. The zero-order valence-corrected chi connectivity index (χ0v) is 17.7. The van der Waals surface area contributed by atoms with Crippen molar-refractivity contribution < 1.29 is 17.9 Å². The highest BCUT2D eigenvalue weighted by Gasteiger charge is 2.28. The van der Waals surface area contributed by atoms with Crippen LogP contribution in [0.15, 0.2) is 59.7 Å². The molecule has 2 rings (SSSR count). The minimum absolute atomic E-state index is 0.417. The fourth-order valence-electron chi connectivity index (χ4n) is 2.63. The Balaban J connectivity index is 1.99. The lowest BCUT2D eigenvalue weighted by Gasteiger charge is -2.27. The molecule has 1 atom stereocenters. The van der Waals surface area contributed by atoms with Crippen molar-refractivity contribution in [1.82, 2.24) is 5.43 Å². The van der Waals surface area contributed by atoms with Crippen LogP contribution in [-0.4, -0.2) is 39.4 Å². The Kier molecular flexibility index (Phi) is 8.21. The summed E-state index contributed by atoms with van der Waals surface area (Å²) < 4.78 is 31.1. The van der Waals surface area contributed by atoms with Gasteiger partial charge in [-0.05, 0) is 55.3 Å². The average molecular weight is 418 g/mol. The highest BCUT2D eigenvalue weighted by Crippen LogP contribution is 2.20. The summed E-state index contributed by atoms with van der Waals surface area (Å²) in [4.78, 5) is 12.4. The molecule has 0 aromatic heterocycles. The Morgan fingerprint density at radius 1 is 1.17 bits per heavy atom. The first-order valence-corrected chi connectivity index (χ1v) is 11.3. The van der Waals surface area contributed by atoms with Crippen LogP contribution in [0.1, 0.15) is 32.3 Å². The molecular formula is C21H27N3O4S. The van der Waals surface area contributed by atoms with Gasteiger partial charge >= 0.3 is 0 Å². The van der Waals surface area contributed by atoms with E-state index >= 15 is 0 Å². The van der Waals surface area contributed by atoms with Crippen LogP contribution in [0, 0.1) is 0 Å². The summed E-state index contributed by atoms with van der Waals surface area (Å²) >= 11 is 0. The normalized spacial score (nSPS) is 12.5. The molecule has 0 saturated carbocycles. The summed E-state index contributed by atoms with van der Waals surface area (Å²) in [6.45, 7) is 4.30. The van der Waals surface area contributed by atoms with Crippen molar-refractivity contribution in [3.63, 3.8) is 0 Å². The lowest BCUT2D eigenvalue weighted by molar-refractivity contribution is -0.121. The van der Waals surface area contributed by atoms with Gasteiger partial charge in [0.1, 0.15) is 11.8 Å². The quantitative estimate of drug-likeness (QED) is 0.365. The Bertz CT molecular complexity index is 913. The minimum atomic E-state index is -3.65. The van der Waals surface area contributed by atoms with E-state index in [0.717, 1.165) is 34.7 Å². The molecule has 1 amide bonds. The Hall–Kier alpha value is -2.87. The second kappa shape index (κ2) is 10.6. The van der Waals surface area contributed by atoms with Gasteiger partial charge < -0.3 is 4.74 Å². The molecular weight excluding hydrogens is 390 g/mol. The number of nitrogens with zero attached hydrogens (tertiary/aromatic N) is 2. The maximum atomic E-state index is 12.4. The van der Waals surface area contributed by atoms with E-state index in [1.165, 1.54) is 13.1 Å². The first-order valence-electron chi connectivity index (χ1n) is 9.43. The topological polar surface area (TPSA) is 88.1 Å². The van der Waals surface area contributed by atoms with E-state index in [1.54, 1.807) is 30.3 Å². The summed E-state index contributed by atoms with van der Waals surface area (Å²) in [5, 5.41) is 3.94. The van der Waals surface area contributed by atoms with Crippen LogP contribution in [0.2, 0.25) is 0 Å². The summed E-state index contributed by atoms with van der Waals surface area (Å²) in [5.41, 5.74) is 3.60. The molecule has 156 valence electrons. The number of ether oxygens (including phenoxy) is 1. The number of hydrogen-bond donors (Lipinski definition) is 1. The van der Waals surface area contributed by atoms with Gasteiger partial charge in [-0.15, -0.1) is 0 Å². The first-order chi connectivity index (χ1) is 13.8. The third kappa shape index (κ3) is 6.90. The van der Waals surface area contributed by atoms with Crippen LogP contribution in [0.25, 0.3) is 0 Å². The van der Waals surface area contributed by atoms with Gasteiger partial charge in [0.05, 0.1) is 24.8 Å². The highest BCUT2D eigenvalue weighted by molar-refractivity contribution is 7.92. The van der Waals surface area contributed by atoms with E-state index in [4.69, 9.17) is 4.74 Å². The zero-order chi connectivity index (χ0) is 21.3. The van der Waals surface area contributed by atoms with Gasteiger partial charge in [-0.2, -0.15) is 5.10 Å². The molecule has 0 saturated heterocycles. The van der Waals surface area contributed by atoms with Crippen molar-refractivity contribution in [3.05, 3.63) is 60.2 Å². The largest absolute Gasteiger partial charge is 0.494 e.